The second kappa shape index (κ2) is 6.66. The molecule has 116 valence electrons. The van der Waals surface area contributed by atoms with Crippen molar-refractivity contribution in [2.75, 3.05) is 18.1 Å². The standard InChI is InChI=1S/C15H15N3OS.C2H6/c1-8-5-10(11(16)7-13(8)17-2)15-18-12-4-3-9(19)6-14(12)20-15;1-2/h3-7,17,19H,16H2,1-2H3;1-2H3. The lowest BCUT2D eigenvalue weighted by Gasteiger charge is -2.09. The van der Waals surface area contributed by atoms with Crippen LogP contribution >= 0.6 is 11.3 Å². The third-order valence-corrected chi connectivity index (χ3v) is 4.32. The van der Waals surface area contributed by atoms with E-state index in [1.54, 1.807) is 12.1 Å². The molecule has 0 spiro atoms. The first-order valence-electron chi connectivity index (χ1n) is 7.26. The second-order valence-corrected chi connectivity index (χ2v) is 5.71. The Hall–Kier alpha value is -2.27. The summed E-state index contributed by atoms with van der Waals surface area (Å²) in [5, 5.41) is 13.5. The summed E-state index contributed by atoms with van der Waals surface area (Å²) in [6.45, 7) is 6.04. The SMILES string of the molecule is CC.CNc1cc(N)c(-c2nc3ccc(O)cc3s2)cc1C. The van der Waals surface area contributed by atoms with Gasteiger partial charge < -0.3 is 16.2 Å². The van der Waals surface area contributed by atoms with Gasteiger partial charge in [-0.05, 0) is 42.8 Å². The first-order chi connectivity index (χ1) is 10.6. The Kier molecular flexibility index (Phi) is 4.88. The number of fused-ring (bicyclic) bond motifs is 1. The van der Waals surface area contributed by atoms with Gasteiger partial charge in [0.2, 0.25) is 0 Å². The van der Waals surface area contributed by atoms with Crippen molar-refractivity contribution in [1.29, 1.82) is 0 Å². The third kappa shape index (κ3) is 2.99. The number of nitrogens with two attached hydrogens (primary N) is 1. The van der Waals surface area contributed by atoms with Crippen LogP contribution in [0.25, 0.3) is 20.8 Å². The lowest BCUT2D eigenvalue weighted by atomic mass is 10.1. The molecule has 1 aromatic heterocycles. The van der Waals surface area contributed by atoms with E-state index in [0.717, 1.165) is 32.0 Å². The molecule has 0 fully saturated rings. The summed E-state index contributed by atoms with van der Waals surface area (Å²) in [6, 6.07) is 9.15. The van der Waals surface area contributed by atoms with Gasteiger partial charge in [0.25, 0.3) is 0 Å². The Bertz CT molecular complexity index is 796. The quantitative estimate of drug-likeness (QED) is 0.603. The van der Waals surface area contributed by atoms with Crippen LogP contribution in [0.2, 0.25) is 0 Å². The van der Waals surface area contributed by atoms with Gasteiger partial charge >= 0.3 is 0 Å². The Balaban J connectivity index is 0.000000847. The lowest BCUT2D eigenvalue weighted by Crippen LogP contribution is -1.96. The van der Waals surface area contributed by atoms with Crippen LogP contribution < -0.4 is 11.1 Å². The van der Waals surface area contributed by atoms with Gasteiger partial charge in [-0.25, -0.2) is 4.98 Å². The maximum atomic E-state index is 9.52. The van der Waals surface area contributed by atoms with E-state index in [1.165, 1.54) is 11.3 Å². The molecule has 3 rings (SSSR count). The fourth-order valence-electron chi connectivity index (χ4n) is 2.21. The average molecular weight is 315 g/mol. The van der Waals surface area contributed by atoms with Crippen molar-refractivity contribution in [2.24, 2.45) is 0 Å². The number of hydrogen-bond acceptors (Lipinski definition) is 5. The molecular formula is C17H21N3OS. The predicted molar refractivity (Wildman–Crippen MR) is 96.8 cm³/mol. The van der Waals surface area contributed by atoms with Crippen molar-refractivity contribution in [3.05, 3.63) is 35.9 Å². The molecule has 5 heteroatoms. The van der Waals surface area contributed by atoms with Crippen LogP contribution in [-0.4, -0.2) is 17.1 Å². The van der Waals surface area contributed by atoms with E-state index in [4.69, 9.17) is 5.73 Å². The summed E-state index contributed by atoms with van der Waals surface area (Å²) < 4.78 is 0.953. The lowest BCUT2D eigenvalue weighted by molar-refractivity contribution is 0.476. The monoisotopic (exact) mass is 315 g/mol. The largest absolute Gasteiger partial charge is 0.508 e. The van der Waals surface area contributed by atoms with Gasteiger partial charge in [0.05, 0.1) is 10.2 Å². The molecule has 0 unspecified atom stereocenters. The zero-order valence-corrected chi connectivity index (χ0v) is 14.1. The number of nitrogens with one attached hydrogen (secondary N) is 1. The zero-order valence-electron chi connectivity index (χ0n) is 13.3. The molecule has 0 atom stereocenters. The molecule has 3 aromatic rings. The second-order valence-electron chi connectivity index (χ2n) is 4.68. The van der Waals surface area contributed by atoms with Gasteiger partial charge in [-0.2, -0.15) is 0 Å². The van der Waals surface area contributed by atoms with Crippen LogP contribution in [0.4, 0.5) is 11.4 Å². The minimum atomic E-state index is 0.252. The highest BCUT2D eigenvalue weighted by atomic mass is 32.1. The van der Waals surface area contributed by atoms with E-state index in [1.807, 2.05) is 46.0 Å². The number of phenolic OH excluding ortho intramolecular Hbond substituents is 1. The molecule has 4 nitrogen and oxygen atoms in total. The molecule has 0 aliphatic heterocycles. The molecule has 0 saturated heterocycles. The highest BCUT2D eigenvalue weighted by Crippen LogP contribution is 2.36. The van der Waals surface area contributed by atoms with Crippen LogP contribution in [-0.2, 0) is 0 Å². The zero-order chi connectivity index (χ0) is 16.3. The number of hydrogen-bond donors (Lipinski definition) is 3. The Labute approximate surface area is 134 Å². The minimum Gasteiger partial charge on any atom is -0.508 e. The molecule has 0 aliphatic carbocycles. The predicted octanol–water partition coefficient (Wildman–Crippen LogP) is 4.63. The van der Waals surface area contributed by atoms with Crippen LogP contribution in [0.3, 0.4) is 0 Å². The molecular weight excluding hydrogens is 294 g/mol. The Morgan fingerprint density at radius 3 is 2.59 bits per heavy atom. The fraction of sp³-hybridized carbons (Fsp3) is 0.235. The van der Waals surface area contributed by atoms with Gasteiger partial charge in [-0.15, -0.1) is 11.3 Å². The summed E-state index contributed by atoms with van der Waals surface area (Å²) in [6.07, 6.45) is 0. The number of rotatable bonds is 2. The molecule has 0 radical (unpaired) electrons. The number of benzene rings is 2. The number of thiazole rings is 1. The molecule has 0 amide bonds. The van der Waals surface area contributed by atoms with Crippen LogP contribution in [0.1, 0.15) is 19.4 Å². The van der Waals surface area contributed by atoms with Crippen LogP contribution in [0.15, 0.2) is 30.3 Å². The van der Waals surface area contributed by atoms with Crippen LogP contribution in [0.5, 0.6) is 5.75 Å². The number of aromatic hydroxyl groups is 1. The van der Waals surface area contributed by atoms with Crippen molar-refractivity contribution in [1.82, 2.24) is 4.98 Å². The van der Waals surface area contributed by atoms with E-state index >= 15 is 0 Å². The number of nitrogen functional groups attached to an aromatic ring is 1. The number of phenols is 1. The van der Waals surface area contributed by atoms with E-state index in [0.29, 0.717) is 5.69 Å². The average Bonchev–Trinajstić information content (AvgIpc) is 2.93. The normalized spacial score (nSPS) is 10.2. The Morgan fingerprint density at radius 2 is 1.91 bits per heavy atom. The van der Waals surface area contributed by atoms with Gasteiger partial charge in [0.1, 0.15) is 10.8 Å². The van der Waals surface area contributed by atoms with E-state index < -0.39 is 0 Å². The summed E-state index contributed by atoms with van der Waals surface area (Å²) in [5.41, 5.74) is 10.8. The van der Waals surface area contributed by atoms with Crippen molar-refractivity contribution in [3.63, 3.8) is 0 Å². The van der Waals surface area contributed by atoms with Crippen LogP contribution in [0, 0.1) is 6.92 Å². The Morgan fingerprint density at radius 1 is 1.18 bits per heavy atom. The number of aryl methyl sites for hydroxylation is 1. The number of aromatic nitrogens is 1. The van der Waals surface area contributed by atoms with Gasteiger partial charge in [0.15, 0.2) is 0 Å². The smallest absolute Gasteiger partial charge is 0.126 e. The van der Waals surface area contributed by atoms with E-state index in [-0.39, 0.29) is 5.75 Å². The van der Waals surface area contributed by atoms with Crippen molar-refractivity contribution in [3.8, 4) is 16.3 Å². The number of nitrogens with zero attached hydrogens (tertiary/aromatic N) is 1. The van der Waals surface area contributed by atoms with Crippen molar-refractivity contribution >= 4 is 32.9 Å². The summed E-state index contributed by atoms with van der Waals surface area (Å²) in [4.78, 5) is 4.59. The number of anilines is 2. The molecule has 4 N–H and O–H groups in total. The highest BCUT2D eigenvalue weighted by Gasteiger charge is 2.11. The van der Waals surface area contributed by atoms with E-state index in [9.17, 15) is 5.11 Å². The molecule has 0 bridgehead atoms. The summed E-state index contributed by atoms with van der Waals surface area (Å²) in [5.74, 6) is 0.252. The fourth-order valence-corrected chi connectivity index (χ4v) is 3.24. The minimum absolute atomic E-state index is 0.252. The molecule has 0 saturated carbocycles. The van der Waals surface area contributed by atoms with Gasteiger partial charge in [0, 0.05) is 24.0 Å². The summed E-state index contributed by atoms with van der Waals surface area (Å²) in [7, 11) is 1.88. The van der Waals surface area contributed by atoms with Gasteiger partial charge in [-0.1, -0.05) is 13.8 Å². The molecule has 0 aliphatic rings. The molecule has 22 heavy (non-hydrogen) atoms. The van der Waals surface area contributed by atoms with Crippen molar-refractivity contribution < 1.29 is 5.11 Å². The van der Waals surface area contributed by atoms with Crippen molar-refractivity contribution in [2.45, 2.75) is 20.8 Å². The molecule has 2 aromatic carbocycles. The maximum Gasteiger partial charge on any atom is 0.126 e. The van der Waals surface area contributed by atoms with E-state index in [2.05, 4.69) is 10.3 Å². The summed E-state index contributed by atoms with van der Waals surface area (Å²) >= 11 is 1.53. The highest BCUT2D eigenvalue weighted by molar-refractivity contribution is 7.21. The third-order valence-electron chi connectivity index (χ3n) is 3.27. The first kappa shape index (κ1) is 16.1. The maximum absolute atomic E-state index is 9.52. The topological polar surface area (TPSA) is 71.2 Å². The van der Waals surface area contributed by atoms with Gasteiger partial charge in [-0.3, -0.25) is 0 Å². The first-order valence-corrected chi connectivity index (χ1v) is 8.08. The molecule has 1 heterocycles.